The van der Waals surface area contributed by atoms with Crippen LogP contribution in [0.3, 0.4) is 0 Å². The predicted octanol–water partition coefficient (Wildman–Crippen LogP) is 3.14. The van der Waals surface area contributed by atoms with Crippen LogP contribution in [0.4, 0.5) is 11.4 Å². The molecule has 0 radical (unpaired) electrons. The molecule has 0 atom stereocenters. The van der Waals surface area contributed by atoms with Crippen LogP contribution in [0.15, 0.2) is 84.9 Å². The highest BCUT2D eigenvalue weighted by atomic mass is 16.4. The van der Waals surface area contributed by atoms with Crippen molar-refractivity contribution in [3.63, 3.8) is 0 Å². The second kappa shape index (κ2) is 12.7. The first-order valence-corrected chi connectivity index (χ1v) is 14.7. The maximum absolute atomic E-state index is 12.8. The van der Waals surface area contributed by atoms with E-state index in [1.165, 1.54) is 60.7 Å². The Kier molecular flexibility index (Phi) is 8.28. The molecule has 6 amide bonds. The first-order valence-electron chi connectivity index (χ1n) is 14.7. The predicted molar refractivity (Wildman–Crippen MR) is 170 cm³/mol. The molecule has 4 aromatic carbocycles. The number of nitrogens with zero attached hydrogens (tertiary/aromatic N) is 2. The molecule has 0 fully saturated rings. The number of carboxylic acid groups (broad SMARTS) is 2. The van der Waals surface area contributed by atoms with Crippen LogP contribution in [0.2, 0.25) is 0 Å². The van der Waals surface area contributed by atoms with Crippen molar-refractivity contribution < 1.29 is 48.6 Å². The third-order valence-corrected chi connectivity index (χ3v) is 7.95. The Bertz CT molecular complexity index is 1940. The summed E-state index contributed by atoms with van der Waals surface area (Å²) in [5.41, 5.74) is 0.798. The summed E-state index contributed by atoms with van der Waals surface area (Å²) in [4.78, 5) is 102. The quantitative estimate of drug-likeness (QED) is 0.183. The maximum atomic E-state index is 12.8. The summed E-state index contributed by atoms with van der Waals surface area (Å²) in [6, 6.07) is 20.5. The molecule has 0 saturated heterocycles. The van der Waals surface area contributed by atoms with E-state index >= 15 is 0 Å². The zero-order valence-corrected chi connectivity index (χ0v) is 25.3. The number of aromatic carboxylic acids is 2. The number of amides is 6. The van der Waals surface area contributed by atoms with Crippen molar-refractivity contribution >= 4 is 58.8 Å². The Labute approximate surface area is 276 Å². The molecular formula is C35H24N4O10. The fraction of sp³-hybridized carbons (Fsp3) is 0.0857. The molecule has 0 aromatic heterocycles. The Morgan fingerprint density at radius 2 is 0.837 bits per heavy atom. The van der Waals surface area contributed by atoms with Crippen molar-refractivity contribution in [3.05, 3.63) is 129 Å². The Morgan fingerprint density at radius 3 is 1.14 bits per heavy atom. The lowest BCUT2D eigenvalue weighted by Crippen LogP contribution is -2.37. The Morgan fingerprint density at radius 1 is 0.510 bits per heavy atom. The van der Waals surface area contributed by atoms with Gasteiger partial charge in [-0.15, -0.1) is 0 Å². The maximum Gasteiger partial charge on any atom is 0.337 e. The summed E-state index contributed by atoms with van der Waals surface area (Å²) < 4.78 is 0. The van der Waals surface area contributed by atoms with Crippen LogP contribution >= 0.6 is 0 Å². The lowest BCUT2D eigenvalue weighted by Gasteiger charge is -2.16. The number of benzene rings is 4. The average Bonchev–Trinajstić information content (AvgIpc) is 3.46. The highest BCUT2D eigenvalue weighted by Crippen LogP contribution is 2.26. The first-order chi connectivity index (χ1) is 23.4. The number of hydrogen-bond acceptors (Lipinski definition) is 8. The largest absolute Gasteiger partial charge is 0.478 e. The summed E-state index contributed by atoms with van der Waals surface area (Å²) in [5.74, 6) is -6.90. The van der Waals surface area contributed by atoms with E-state index in [-0.39, 0.29) is 51.2 Å². The van der Waals surface area contributed by atoms with E-state index in [9.17, 15) is 48.6 Å². The number of carboxylic acids is 2. The van der Waals surface area contributed by atoms with E-state index < -0.39 is 60.5 Å². The second-order valence-electron chi connectivity index (χ2n) is 11.1. The Balaban J connectivity index is 1.13. The molecule has 0 spiro atoms. The number of carbonyl (C=O) groups is 8. The molecule has 4 N–H and O–H groups in total. The minimum Gasteiger partial charge on any atom is -0.478 e. The number of rotatable bonds is 10. The molecule has 4 aromatic rings. The second-order valence-corrected chi connectivity index (χ2v) is 11.1. The van der Waals surface area contributed by atoms with E-state index in [1.54, 1.807) is 24.3 Å². The van der Waals surface area contributed by atoms with Gasteiger partial charge < -0.3 is 20.8 Å². The van der Waals surface area contributed by atoms with Gasteiger partial charge in [0.25, 0.3) is 23.6 Å². The summed E-state index contributed by atoms with van der Waals surface area (Å²) in [6.45, 7) is -1.27. The summed E-state index contributed by atoms with van der Waals surface area (Å²) in [5, 5.41) is 24.6. The molecule has 14 heteroatoms. The van der Waals surface area contributed by atoms with Crippen LogP contribution in [0.25, 0.3) is 0 Å². The minimum absolute atomic E-state index is 0.0626. The number of nitrogens with one attached hydrogen (secondary N) is 2. The lowest BCUT2D eigenvalue weighted by atomic mass is 9.99. The zero-order valence-electron chi connectivity index (χ0n) is 25.3. The fourth-order valence-electron chi connectivity index (χ4n) is 5.64. The van der Waals surface area contributed by atoms with Crippen molar-refractivity contribution in [2.24, 2.45) is 0 Å². The molecule has 0 bridgehead atoms. The van der Waals surface area contributed by atoms with Crippen LogP contribution < -0.4 is 10.6 Å². The topological polar surface area (TPSA) is 208 Å². The highest BCUT2D eigenvalue weighted by Gasteiger charge is 2.37. The van der Waals surface area contributed by atoms with E-state index in [0.717, 1.165) is 9.80 Å². The standard InChI is InChI=1S/C35H24N4O10/c40-28(16-38-30(42)20-5-1-2-6-21(20)31(38)43)36-26-11-9-18(14-24(26)34(46)47)13-19-10-12-27(25(15-19)35(48)49)37-29(41)17-39-32(44)22-7-3-4-8-23(22)33(39)45/h1-12,14-15H,13,16-17H2,(H,36,40)(H,37,41)(H,46,47)(H,48,49). The monoisotopic (exact) mass is 660 g/mol. The molecule has 49 heavy (non-hydrogen) atoms. The van der Waals surface area contributed by atoms with Crippen molar-refractivity contribution in [3.8, 4) is 0 Å². The normalized spacial score (nSPS) is 13.3. The minimum atomic E-state index is -1.37. The zero-order chi connectivity index (χ0) is 35.0. The molecule has 0 saturated carbocycles. The van der Waals surface area contributed by atoms with Gasteiger partial charge in [-0.1, -0.05) is 36.4 Å². The molecular weight excluding hydrogens is 636 g/mol. The lowest BCUT2D eigenvalue weighted by molar-refractivity contribution is -0.117. The highest BCUT2D eigenvalue weighted by molar-refractivity contribution is 6.23. The van der Waals surface area contributed by atoms with Gasteiger partial charge in [-0.2, -0.15) is 0 Å². The fourth-order valence-corrected chi connectivity index (χ4v) is 5.64. The van der Waals surface area contributed by atoms with Gasteiger partial charge in [0.1, 0.15) is 13.1 Å². The first kappa shape index (κ1) is 32.0. The summed E-state index contributed by atoms with van der Waals surface area (Å²) in [7, 11) is 0. The van der Waals surface area contributed by atoms with Crippen LogP contribution in [-0.2, 0) is 16.0 Å². The number of carbonyl (C=O) groups excluding carboxylic acids is 6. The van der Waals surface area contributed by atoms with Crippen molar-refractivity contribution in [1.82, 2.24) is 9.80 Å². The smallest absolute Gasteiger partial charge is 0.337 e. The SMILES string of the molecule is O=C(CN1C(=O)c2ccccc2C1=O)Nc1ccc(Cc2ccc(NC(=O)CN3C(=O)c4ccccc4C3=O)c(C(=O)O)c2)cc1C(=O)O. The van der Waals surface area contributed by atoms with Crippen LogP contribution in [0.5, 0.6) is 0 Å². The molecule has 2 aliphatic rings. The third kappa shape index (κ3) is 6.13. The van der Waals surface area contributed by atoms with Crippen molar-refractivity contribution in [2.45, 2.75) is 6.42 Å². The van der Waals surface area contributed by atoms with Gasteiger partial charge in [0.15, 0.2) is 0 Å². The molecule has 244 valence electrons. The third-order valence-electron chi connectivity index (χ3n) is 7.95. The van der Waals surface area contributed by atoms with Gasteiger partial charge in [-0.25, -0.2) is 9.59 Å². The van der Waals surface area contributed by atoms with Crippen LogP contribution in [0.1, 0.15) is 73.3 Å². The summed E-state index contributed by atoms with van der Waals surface area (Å²) in [6.07, 6.45) is 0.0626. The number of anilines is 2. The molecule has 2 heterocycles. The number of fused-ring (bicyclic) bond motifs is 2. The van der Waals surface area contributed by atoms with Gasteiger partial charge in [0, 0.05) is 0 Å². The van der Waals surface area contributed by atoms with E-state index in [2.05, 4.69) is 10.6 Å². The van der Waals surface area contributed by atoms with Gasteiger partial charge >= 0.3 is 11.9 Å². The van der Waals surface area contributed by atoms with E-state index in [1.807, 2.05) is 0 Å². The summed E-state index contributed by atoms with van der Waals surface area (Å²) >= 11 is 0. The van der Waals surface area contributed by atoms with Crippen LogP contribution in [-0.4, -0.2) is 80.5 Å². The average molecular weight is 661 g/mol. The van der Waals surface area contributed by atoms with Gasteiger partial charge in [0.2, 0.25) is 11.8 Å². The number of imide groups is 2. The molecule has 0 aliphatic carbocycles. The Hall–Kier alpha value is -6.96. The van der Waals surface area contributed by atoms with Crippen molar-refractivity contribution in [1.29, 1.82) is 0 Å². The van der Waals surface area contributed by atoms with Gasteiger partial charge in [-0.3, -0.25) is 38.6 Å². The molecule has 14 nitrogen and oxygen atoms in total. The number of hydrogen-bond donors (Lipinski definition) is 4. The van der Waals surface area contributed by atoms with E-state index in [4.69, 9.17) is 0 Å². The van der Waals surface area contributed by atoms with E-state index in [0.29, 0.717) is 11.1 Å². The molecule has 0 unspecified atom stereocenters. The van der Waals surface area contributed by atoms with Gasteiger partial charge in [0.05, 0.1) is 44.8 Å². The van der Waals surface area contributed by atoms with Gasteiger partial charge in [-0.05, 0) is 66.1 Å². The molecule has 6 rings (SSSR count). The van der Waals surface area contributed by atoms with Crippen LogP contribution in [0, 0.1) is 0 Å². The van der Waals surface area contributed by atoms with Crippen molar-refractivity contribution in [2.75, 3.05) is 23.7 Å². The molecule has 2 aliphatic heterocycles.